The zero-order chi connectivity index (χ0) is 14.2. The van der Waals surface area contributed by atoms with Crippen molar-refractivity contribution in [3.05, 3.63) is 47.5 Å². The Bertz CT molecular complexity index is 453. The number of hydrogen-bond donors (Lipinski definition) is 0. The predicted octanol–water partition coefficient (Wildman–Crippen LogP) is 3.16. The summed E-state index contributed by atoms with van der Waals surface area (Å²) in [5, 5.41) is 0. The Morgan fingerprint density at radius 1 is 1.30 bits per heavy atom. The van der Waals surface area contributed by atoms with Gasteiger partial charge in [0.25, 0.3) is 0 Å². The van der Waals surface area contributed by atoms with Crippen LogP contribution in [0, 0.1) is 0 Å². The molecule has 0 unspecified atom stereocenters. The third kappa shape index (κ3) is 4.82. The van der Waals surface area contributed by atoms with Crippen LogP contribution >= 0.6 is 0 Å². The minimum atomic E-state index is -0.0832. The van der Waals surface area contributed by atoms with Gasteiger partial charge in [-0.3, -0.25) is 9.69 Å². The van der Waals surface area contributed by atoms with Crippen LogP contribution in [0.1, 0.15) is 31.7 Å². The lowest BCUT2D eigenvalue weighted by atomic mass is 10.0. The lowest BCUT2D eigenvalue weighted by Crippen LogP contribution is -2.28. The van der Waals surface area contributed by atoms with Crippen molar-refractivity contribution in [1.29, 1.82) is 0 Å². The van der Waals surface area contributed by atoms with E-state index >= 15 is 0 Å². The van der Waals surface area contributed by atoms with Crippen LogP contribution in [0.5, 0.6) is 0 Å². The molecule has 1 aliphatic rings. The van der Waals surface area contributed by atoms with Crippen LogP contribution in [-0.4, -0.2) is 30.6 Å². The first-order valence-corrected chi connectivity index (χ1v) is 7.37. The predicted molar refractivity (Wildman–Crippen MR) is 80.3 cm³/mol. The lowest BCUT2D eigenvalue weighted by Gasteiger charge is -2.26. The fraction of sp³-hybridized carbons (Fsp3) is 0.471. The molecule has 20 heavy (non-hydrogen) atoms. The Morgan fingerprint density at radius 3 is 2.75 bits per heavy atom. The van der Waals surface area contributed by atoms with Crippen LogP contribution in [0.25, 0.3) is 0 Å². The maximum absolute atomic E-state index is 11.3. The highest BCUT2D eigenvalue weighted by Gasteiger charge is 2.13. The fourth-order valence-corrected chi connectivity index (χ4v) is 2.46. The number of nitrogens with zero attached hydrogens (tertiary/aromatic N) is 1. The number of hydrogen-bond acceptors (Lipinski definition) is 3. The summed E-state index contributed by atoms with van der Waals surface area (Å²) in [7, 11) is 0. The maximum Gasteiger partial charge on any atom is 0.306 e. The maximum atomic E-state index is 11.3. The lowest BCUT2D eigenvalue weighted by molar-refractivity contribution is -0.143. The smallest absolute Gasteiger partial charge is 0.306 e. The standard InChI is InChI=1S/C17H23NO2/c1-2-20-17(19)9-8-15-10-12-18(13-11-15)14-16-6-4-3-5-7-16/h3-7,10H,2,8-9,11-14H2,1H3. The molecular weight excluding hydrogens is 250 g/mol. The molecule has 0 saturated carbocycles. The van der Waals surface area contributed by atoms with Gasteiger partial charge >= 0.3 is 5.97 Å². The molecule has 0 bridgehead atoms. The van der Waals surface area contributed by atoms with Crippen molar-refractivity contribution in [2.75, 3.05) is 19.7 Å². The molecule has 108 valence electrons. The van der Waals surface area contributed by atoms with Gasteiger partial charge in [-0.1, -0.05) is 42.0 Å². The van der Waals surface area contributed by atoms with Crippen molar-refractivity contribution in [3.8, 4) is 0 Å². The Kier molecular flexibility index (Phi) is 5.81. The second-order valence-electron chi connectivity index (χ2n) is 5.14. The summed E-state index contributed by atoms with van der Waals surface area (Å²) >= 11 is 0. The number of esters is 1. The average Bonchev–Trinajstić information content (AvgIpc) is 2.48. The van der Waals surface area contributed by atoms with E-state index in [0.717, 1.165) is 32.5 Å². The van der Waals surface area contributed by atoms with Crippen LogP contribution in [0.3, 0.4) is 0 Å². The third-order valence-corrected chi connectivity index (χ3v) is 3.59. The summed E-state index contributed by atoms with van der Waals surface area (Å²) in [4.78, 5) is 13.8. The molecule has 0 amide bonds. The topological polar surface area (TPSA) is 29.5 Å². The summed E-state index contributed by atoms with van der Waals surface area (Å²) in [5.74, 6) is -0.0832. The molecule has 2 rings (SSSR count). The van der Waals surface area contributed by atoms with E-state index in [4.69, 9.17) is 4.74 Å². The van der Waals surface area contributed by atoms with E-state index in [2.05, 4.69) is 35.2 Å². The zero-order valence-electron chi connectivity index (χ0n) is 12.2. The summed E-state index contributed by atoms with van der Waals surface area (Å²) < 4.78 is 4.96. The largest absolute Gasteiger partial charge is 0.466 e. The Hall–Kier alpha value is -1.61. The molecule has 1 aromatic rings. The van der Waals surface area contributed by atoms with Gasteiger partial charge in [0, 0.05) is 26.1 Å². The van der Waals surface area contributed by atoms with Crippen molar-refractivity contribution < 1.29 is 9.53 Å². The van der Waals surface area contributed by atoms with E-state index in [1.807, 2.05) is 13.0 Å². The van der Waals surface area contributed by atoms with E-state index in [1.165, 1.54) is 11.1 Å². The summed E-state index contributed by atoms with van der Waals surface area (Å²) in [6.45, 7) is 5.38. The number of ether oxygens (including phenoxy) is 1. The normalized spacial score (nSPS) is 15.8. The van der Waals surface area contributed by atoms with Crippen LogP contribution in [0.4, 0.5) is 0 Å². The summed E-state index contributed by atoms with van der Waals surface area (Å²) in [6, 6.07) is 10.5. The fourth-order valence-electron chi connectivity index (χ4n) is 2.46. The molecule has 0 aliphatic carbocycles. The molecule has 0 radical (unpaired) electrons. The molecule has 0 saturated heterocycles. The Labute approximate surface area is 121 Å². The third-order valence-electron chi connectivity index (χ3n) is 3.59. The minimum absolute atomic E-state index is 0.0832. The number of benzene rings is 1. The number of rotatable bonds is 6. The highest BCUT2D eigenvalue weighted by atomic mass is 16.5. The molecule has 0 aromatic heterocycles. The monoisotopic (exact) mass is 273 g/mol. The average molecular weight is 273 g/mol. The van der Waals surface area contributed by atoms with Gasteiger partial charge in [-0.15, -0.1) is 0 Å². The van der Waals surface area contributed by atoms with Crippen molar-refractivity contribution in [1.82, 2.24) is 4.90 Å². The van der Waals surface area contributed by atoms with Crippen molar-refractivity contribution in [2.45, 2.75) is 32.7 Å². The van der Waals surface area contributed by atoms with Gasteiger partial charge in [-0.05, 0) is 25.3 Å². The summed E-state index contributed by atoms with van der Waals surface area (Å²) in [5.41, 5.74) is 2.75. The van der Waals surface area contributed by atoms with Crippen molar-refractivity contribution >= 4 is 5.97 Å². The molecule has 1 aliphatic heterocycles. The second kappa shape index (κ2) is 7.85. The Balaban J connectivity index is 1.74. The van der Waals surface area contributed by atoms with Crippen molar-refractivity contribution in [2.24, 2.45) is 0 Å². The molecule has 0 fully saturated rings. The second-order valence-corrected chi connectivity index (χ2v) is 5.14. The molecule has 0 atom stereocenters. The van der Waals surface area contributed by atoms with Crippen molar-refractivity contribution in [3.63, 3.8) is 0 Å². The highest BCUT2D eigenvalue weighted by molar-refractivity contribution is 5.69. The first-order chi connectivity index (χ1) is 9.78. The first-order valence-electron chi connectivity index (χ1n) is 7.37. The van der Waals surface area contributed by atoms with E-state index < -0.39 is 0 Å². The minimum Gasteiger partial charge on any atom is -0.466 e. The Morgan fingerprint density at radius 2 is 2.10 bits per heavy atom. The molecule has 3 nitrogen and oxygen atoms in total. The molecule has 0 spiro atoms. The van der Waals surface area contributed by atoms with E-state index in [9.17, 15) is 4.79 Å². The SMILES string of the molecule is CCOC(=O)CCC1=CCN(Cc2ccccc2)CC1. The summed E-state index contributed by atoms with van der Waals surface area (Å²) in [6.07, 6.45) is 4.69. The molecule has 0 N–H and O–H groups in total. The van der Waals surface area contributed by atoms with E-state index in [1.54, 1.807) is 0 Å². The van der Waals surface area contributed by atoms with Gasteiger partial charge in [-0.2, -0.15) is 0 Å². The zero-order valence-corrected chi connectivity index (χ0v) is 12.2. The van der Waals surface area contributed by atoms with Crippen LogP contribution in [0.15, 0.2) is 42.0 Å². The van der Waals surface area contributed by atoms with Crippen LogP contribution < -0.4 is 0 Å². The molecule has 1 aromatic carbocycles. The number of carbonyl (C=O) groups excluding carboxylic acids is 1. The van der Waals surface area contributed by atoms with Crippen LogP contribution in [-0.2, 0) is 16.1 Å². The van der Waals surface area contributed by atoms with Gasteiger partial charge in [0.05, 0.1) is 6.61 Å². The molecular formula is C17H23NO2. The van der Waals surface area contributed by atoms with Crippen LogP contribution in [0.2, 0.25) is 0 Å². The first kappa shape index (κ1) is 14.8. The van der Waals surface area contributed by atoms with Gasteiger partial charge in [0.1, 0.15) is 0 Å². The van der Waals surface area contributed by atoms with Gasteiger partial charge in [0.15, 0.2) is 0 Å². The molecule has 1 heterocycles. The highest BCUT2D eigenvalue weighted by Crippen LogP contribution is 2.18. The number of carbonyl (C=O) groups is 1. The molecule has 3 heteroatoms. The van der Waals surface area contributed by atoms with E-state index in [-0.39, 0.29) is 5.97 Å². The van der Waals surface area contributed by atoms with Gasteiger partial charge in [-0.25, -0.2) is 0 Å². The van der Waals surface area contributed by atoms with Gasteiger partial charge < -0.3 is 4.74 Å². The van der Waals surface area contributed by atoms with E-state index in [0.29, 0.717) is 13.0 Å². The quantitative estimate of drug-likeness (QED) is 0.589. The van der Waals surface area contributed by atoms with Gasteiger partial charge in [0.2, 0.25) is 0 Å².